The van der Waals surface area contributed by atoms with Gasteiger partial charge >= 0.3 is 0 Å². The Balaban J connectivity index is 2.11. The number of benzene rings is 1. The monoisotopic (exact) mass is 158 g/mol. The predicted molar refractivity (Wildman–Crippen MR) is 47.6 cm³/mol. The van der Waals surface area contributed by atoms with Crippen LogP contribution in [0.3, 0.4) is 0 Å². The van der Waals surface area contributed by atoms with Crippen molar-refractivity contribution in [2.24, 2.45) is 0 Å². The largest absolute Gasteiger partial charge is 0.367 e. The Kier molecular flexibility index (Phi) is 1.51. The van der Waals surface area contributed by atoms with Crippen molar-refractivity contribution in [2.45, 2.75) is 18.4 Å². The quantitative estimate of drug-likeness (QED) is 0.715. The molecule has 0 aliphatic heterocycles. The van der Waals surface area contributed by atoms with Crippen LogP contribution < -0.4 is 5.32 Å². The van der Waals surface area contributed by atoms with Crippen LogP contribution in [0, 0.1) is 11.3 Å². The highest BCUT2D eigenvalue weighted by atomic mass is 15.0. The fourth-order valence-electron chi connectivity index (χ4n) is 1.19. The maximum Gasteiger partial charge on any atom is 0.125 e. The molecule has 0 radical (unpaired) electrons. The van der Waals surface area contributed by atoms with Gasteiger partial charge in [-0.2, -0.15) is 5.26 Å². The molecule has 60 valence electrons. The minimum atomic E-state index is -0.249. The van der Waals surface area contributed by atoms with Gasteiger partial charge in [0.25, 0.3) is 0 Å². The highest BCUT2D eigenvalue weighted by Gasteiger charge is 2.43. The standard InChI is InChI=1S/C10H10N2/c11-8-10(6-7-10)12-9-4-2-1-3-5-9/h1-5,12H,6-7H2. The fourth-order valence-corrected chi connectivity index (χ4v) is 1.19. The third kappa shape index (κ3) is 1.26. The second kappa shape index (κ2) is 2.53. The fraction of sp³-hybridized carbons (Fsp3) is 0.300. The maximum absolute atomic E-state index is 8.81. The zero-order valence-corrected chi connectivity index (χ0v) is 6.75. The van der Waals surface area contributed by atoms with E-state index in [2.05, 4.69) is 11.4 Å². The molecular formula is C10H10N2. The van der Waals surface area contributed by atoms with E-state index in [0.717, 1.165) is 18.5 Å². The van der Waals surface area contributed by atoms with E-state index in [1.54, 1.807) is 0 Å². The Bertz CT molecular complexity index is 306. The second-order valence-corrected chi connectivity index (χ2v) is 3.18. The molecule has 1 aromatic rings. The molecule has 0 saturated heterocycles. The van der Waals surface area contributed by atoms with Crippen LogP contribution in [0.15, 0.2) is 30.3 Å². The van der Waals surface area contributed by atoms with Gasteiger partial charge in [0.1, 0.15) is 5.54 Å². The minimum absolute atomic E-state index is 0.249. The molecule has 2 rings (SSSR count). The average molecular weight is 158 g/mol. The SMILES string of the molecule is N#CC1(Nc2ccccc2)CC1. The Morgan fingerprint density at radius 2 is 1.92 bits per heavy atom. The van der Waals surface area contributed by atoms with Crippen molar-refractivity contribution < 1.29 is 0 Å². The van der Waals surface area contributed by atoms with Crippen molar-refractivity contribution in [1.82, 2.24) is 0 Å². The van der Waals surface area contributed by atoms with E-state index in [-0.39, 0.29) is 5.54 Å². The molecule has 12 heavy (non-hydrogen) atoms. The number of nitrogens with zero attached hydrogens (tertiary/aromatic N) is 1. The Labute approximate surface area is 71.8 Å². The zero-order valence-electron chi connectivity index (χ0n) is 6.75. The highest BCUT2D eigenvalue weighted by molar-refractivity contribution is 5.49. The van der Waals surface area contributed by atoms with Gasteiger partial charge < -0.3 is 5.32 Å². The van der Waals surface area contributed by atoms with E-state index in [4.69, 9.17) is 5.26 Å². The van der Waals surface area contributed by atoms with Gasteiger partial charge in [-0.05, 0) is 25.0 Å². The number of anilines is 1. The van der Waals surface area contributed by atoms with E-state index in [1.807, 2.05) is 30.3 Å². The summed E-state index contributed by atoms with van der Waals surface area (Å²) in [5.41, 5.74) is 0.790. The first kappa shape index (κ1) is 7.17. The summed E-state index contributed by atoms with van der Waals surface area (Å²) in [4.78, 5) is 0. The van der Waals surface area contributed by atoms with Crippen molar-refractivity contribution in [3.8, 4) is 6.07 Å². The van der Waals surface area contributed by atoms with Gasteiger partial charge in [-0.3, -0.25) is 0 Å². The normalized spacial score (nSPS) is 17.9. The van der Waals surface area contributed by atoms with Gasteiger partial charge in [0, 0.05) is 5.69 Å². The summed E-state index contributed by atoms with van der Waals surface area (Å²) in [5, 5.41) is 12.0. The summed E-state index contributed by atoms with van der Waals surface area (Å²) in [6.45, 7) is 0. The van der Waals surface area contributed by atoms with Crippen LogP contribution in [0.4, 0.5) is 5.69 Å². The summed E-state index contributed by atoms with van der Waals surface area (Å²) in [6.07, 6.45) is 1.94. The van der Waals surface area contributed by atoms with E-state index >= 15 is 0 Å². The second-order valence-electron chi connectivity index (χ2n) is 3.18. The molecule has 1 saturated carbocycles. The molecule has 1 aliphatic carbocycles. The number of rotatable bonds is 2. The van der Waals surface area contributed by atoms with Gasteiger partial charge in [-0.25, -0.2) is 0 Å². The molecule has 2 nitrogen and oxygen atoms in total. The summed E-state index contributed by atoms with van der Waals surface area (Å²) in [5.74, 6) is 0. The lowest BCUT2D eigenvalue weighted by Gasteiger charge is -2.09. The number of hydrogen-bond acceptors (Lipinski definition) is 2. The lowest BCUT2D eigenvalue weighted by molar-refractivity contribution is 0.946. The third-order valence-electron chi connectivity index (χ3n) is 2.12. The van der Waals surface area contributed by atoms with Crippen molar-refractivity contribution >= 4 is 5.69 Å². The first-order valence-corrected chi connectivity index (χ1v) is 4.09. The van der Waals surface area contributed by atoms with E-state index < -0.39 is 0 Å². The Morgan fingerprint density at radius 1 is 1.25 bits per heavy atom. The average Bonchev–Trinajstić information content (AvgIpc) is 2.88. The van der Waals surface area contributed by atoms with Gasteiger partial charge in [-0.15, -0.1) is 0 Å². The van der Waals surface area contributed by atoms with Gasteiger partial charge in [0.15, 0.2) is 0 Å². The molecule has 0 heterocycles. The van der Waals surface area contributed by atoms with Crippen LogP contribution in [0.1, 0.15) is 12.8 Å². The first-order valence-electron chi connectivity index (χ1n) is 4.09. The van der Waals surface area contributed by atoms with Crippen molar-refractivity contribution in [2.75, 3.05) is 5.32 Å². The summed E-state index contributed by atoms with van der Waals surface area (Å²) < 4.78 is 0. The molecule has 1 fully saturated rings. The predicted octanol–water partition coefficient (Wildman–Crippen LogP) is 2.15. The van der Waals surface area contributed by atoms with E-state index in [0.29, 0.717) is 0 Å². The Hall–Kier alpha value is -1.49. The molecule has 1 aromatic carbocycles. The molecule has 0 amide bonds. The first-order chi connectivity index (χ1) is 5.85. The molecule has 0 atom stereocenters. The summed E-state index contributed by atoms with van der Waals surface area (Å²) >= 11 is 0. The topological polar surface area (TPSA) is 35.8 Å². The third-order valence-corrected chi connectivity index (χ3v) is 2.12. The minimum Gasteiger partial charge on any atom is -0.367 e. The van der Waals surface area contributed by atoms with Crippen LogP contribution >= 0.6 is 0 Å². The lowest BCUT2D eigenvalue weighted by atomic mass is 10.2. The molecule has 0 bridgehead atoms. The van der Waals surface area contributed by atoms with Crippen molar-refractivity contribution in [3.63, 3.8) is 0 Å². The molecule has 1 aliphatic rings. The lowest BCUT2D eigenvalue weighted by Crippen LogP contribution is -2.17. The molecular weight excluding hydrogens is 148 g/mol. The van der Waals surface area contributed by atoms with Crippen LogP contribution in [0.5, 0.6) is 0 Å². The maximum atomic E-state index is 8.81. The van der Waals surface area contributed by atoms with Crippen LogP contribution in [-0.4, -0.2) is 5.54 Å². The molecule has 1 N–H and O–H groups in total. The Morgan fingerprint density at radius 3 is 2.42 bits per heavy atom. The number of nitriles is 1. The molecule has 0 spiro atoms. The van der Waals surface area contributed by atoms with Gasteiger partial charge in [-0.1, -0.05) is 18.2 Å². The summed E-state index contributed by atoms with van der Waals surface area (Å²) in [7, 11) is 0. The van der Waals surface area contributed by atoms with Gasteiger partial charge in [0.05, 0.1) is 6.07 Å². The van der Waals surface area contributed by atoms with E-state index in [9.17, 15) is 0 Å². The highest BCUT2D eigenvalue weighted by Crippen LogP contribution is 2.37. The van der Waals surface area contributed by atoms with Crippen LogP contribution in [0.25, 0.3) is 0 Å². The number of nitrogens with one attached hydrogen (secondary N) is 1. The van der Waals surface area contributed by atoms with Crippen molar-refractivity contribution in [3.05, 3.63) is 30.3 Å². The zero-order chi connectivity index (χ0) is 8.44. The van der Waals surface area contributed by atoms with Crippen LogP contribution in [-0.2, 0) is 0 Å². The number of hydrogen-bond donors (Lipinski definition) is 1. The van der Waals surface area contributed by atoms with Crippen molar-refractivity contribution in [1.29, 1.82) is 5.26 Å². The van der Waals surface area contributed by atoms with Crippen LogP contribution in [0.2, 0.25) is 0 Å². The number of para-hydroxylation sites is 1. The summed E-state index contributed by atoms with van der Waals surface area (Å²) in [6, 6.07) is 12.2. The van der Waals surface area contributed by atoms with E-state index in [1.165, 1.54) is 0 Å². The molecule has 2 heteroatoms. The van der Waals surface area contributed by atoms with Gasteiger partial charge in [0.2, 0.25) is 0 Å². The smallest absolute Gasteiger partial charge is 0.125 e. The molecule has 0 aromatic heterocycles. The molecule has 0 unspecified atom stereocenters.